The zero-order valence-electron chi connectivity index (χ0n) is 11.7. The SMILES string of the molecule is COCC1(C(=O)O)CCN(C(=O)Cc2ccc(C)s2)C1. The third-order valence-electron chi connectivity index (χ3n) is 3.70. The summed E-state index contributed by atoms with van der Waals surface area (Å²) in [6.07, 6.45) is 0.798. The van der Waals surface area contributed by atoms with E-state index in [1.54, 1.807) is 16.2 Å². The predicted molar refractivity (Wildman–Crippen MR) is 75.9 cm³/mol. The van der Waals surface area contributed by atoms with Crippen molar-refractivity contribution >= 4 is 23.2 Å². The molecule has 1 N–H and O–H groups in total. The molecular formula is C14H19NO4S. The van der Waals surface area contributed by atoms with E-state index in [2.05, 4.69) is 0 Å². The molecule has 1 fully saturated rings. The second kappa shape index (κ2) is 5.93. The number of ether oxygens (including phenoxy) is 1. The van der Waals surface area contributed by atoms with Crippen LogP contribution in [0.25, 0.3) is 0 Å². The van der Waals surface area contributed by atoms with Crippen molar-refractivity contribution in [1.82, 2.24) is 4.90 Å². The third-order valence-corrected chi connectivity index (χ3v) is 4.70. The van der Waals surface area contributed by atoms with Gasteiger partial charge in [0, 0.05) is 30.0 Å². The summed E-state index contributed by atoms with van der Waals surface area (Å²) in [6.45, 7) is 2.87. The van der Waals surface area contributed by atoms with E-state index < -0.39 is 11.4 Å². The number of methoxy groups -OCH3 is 1. The number of hydrogen-bond acceptors (Lipinski definition) is 4. The predicted octanol–water partition coefficient (Wildman–Crippen LogP) is 1.55. The molecule has 1 amide bonds. The number of aryl methyl sites for hydroxylation is 1. The highest BCUT2D eigenvalue weighted by atomic mass is 32.1. The highest BCUT2D eigenvalue weighted by Gasteiger charge is 2.46. The van der Waals surface area contributed by atoms with Crippen LogP contribution in [0.4, 0.5) is 0 Å². The van der Waals surface area contributed by atoms with Crippen molar-refractivity contribution < 1.29 is 19.4 Å². The quantitative estimate of drug-likeness (QED) is 0.895. The molecule has 0 radical (unpaired) electrons. The van der Waals surface area contributed by atoms with Gasteiger partial charge in [-0.2, -0.15) is 0 Å². The molecule has 1 aliphatic heterocycles. The van der Waals surface area contributed by atoms with Crippen molar-refractivity contribution in [2.45, 2.75) is 19.8 Å². The fourth-order valence-corrected chi connectivity index (χ4v) is 3.44. The molecule has 110 valence electrons. The average molecular weight is 297 g/mol. The summed E-state index contributed by atoms with van der Waals surface area (Å²) in [5.41, 5.74) is -0.949. The van der Waals surface area contributed by atoms with E-state index in [-0.39, 0.29) is 19.1 Å². The summed E-state index contributed by atoms with van der Waals surface area (Å²) in [7, 11) is 1.49. The minimum atomic E-state index is -0.949. The standard InChI is InChI=1S/C14H19NO4S/c1-10-3-4-11(20-10)7-12(16)15-6-5-14(8-15,9-19-2)13(17)18/h3-4H,5-9H2,1-2H3,(H,17,18). The second-order valence-corrected chi connectivity index (χ2v) is 6.65. The first-order valence-electron chi connectivity index (χ1n) is 6.52. The van der Waals surface area contributed by atoms with Crippen molar-refractivity contribution in [3.63, 3.8) is 0 Å². The first-order chi connectivity index (χ1) is 9.47. The van der Waals surface area contributed by atoms with Gasteiger partial charge in [0.25, 0.3) is 0 Å². The van der Waals surface area contributed by atoms with Gasteiger partial charge >= 0.3 is 5.97 Å². The monoisotopic (exact) mass is 297 g/mol. The molecule has 2 heterocycles. The molecule has 0 spiro atoms. The zero-order chi connectivity index (χ0) is 14.8. The Bertz CT molecular complexity index is 513. The van der Waals surface area contributed by atoms with E-state index in [1.165, 1.54) is 12.0 Å². The van der Waals surface area contributed by atoms with Gasteiger partial charge in [-0.3, -0.25) is 9.59 Å². The number of rotatable bonds is 5. The maximum absolute atomic E-state index is 12.2. The number of aliphatic carboxylic acids is 1. The molecule has 1 aliphatic rings. The van der Waals surface area contributed by atoms with Crippen molar-refractivity contribution in [1.29, 1.82) is 0 Å². The molecule has 20 heavy (non-hydrogen) atoms. The number of carboxylic acid groups (broad SMARTS) is 1. The van der Waals surface area contributed by atoms with Gasteiger partial charge in [-0.15, -0.1) is 11.3 Å². The number of likely N-dealkylation sites (tertiary alicyclic amines) is 1. The topological polar surface area (TPSA) is 66.8 Å². The van der Waals surface area contributed by atoms with Crippen LogP contribution in [0.3, 0.4) is 0 Å². The Balaban J connectivity index is 2.01. The molecule has 1 aromatic heterocycles. The van der Waals surface area contributed by atoms with Gasteiger partial charge in [-0.25, -0.2) is 0 Å². The van der Waals surface area contributed by atoms with Crippen LogP contribution in [-0.4, -0.2) is 48.7 Å². The van der Waals surface area contributed by atoms with Crippen molar-refractivity contribution in [3.05, 3.63) is 21.9 Å². The molecule has 0 bridgehead atoms. The van der Waals surface area contributed by atoms with Crippen LogP contribution in [0.5, 0.6) is 0 Å². The number of nitrogens with zero attached hydrogens (tertiary/aromatic N) is 1. The van der Waals surface area contributed by atoms with Crippen LogP contribution >= 0.6 is 11.3 Å². The number of carbonyl (C=O) groups excluding carboxylic acids is 1. The Labute approximate surface area is 122 Å². The molecule has 5 nitrogen and oxygen atoms in total. The normalized spacial score (nSPS) is 22.2. The lowest BCUT2D eigenvalue weighted by Crippen LogP contribution is -2.40. The molecule has 1 atom stereocenters. The van der Waals surface area contributed by atoms with Crippen molar-refractivity contribution in [2.24, 2.45) is 5.41 Å². The molecule has 0 aliphatic carbocycles. The van der Waals surface area contributed by atoms with E-state index in [4.69, 9.17) is 4.74 Å². The first kappa shape index (κ1) is 15.0. The van der Waals surface area contributed by atoms with E-state index in [1.807, 2.05) is 19.1 Å². The van der Waals surface area contributed by atoms with Crippen molar-refractivity contribution in [3.8, 4) is 0 Å². The summed E-state index contributed by atoms with van der Waals surface area (Å²) < 4.78 is 5.02. The number of carboxylic acids is 1. The number of carbonyl (C=O) groups is 2. The summed E-state index contributed by atoms with van der Waals surface area (Å²) in [4.78, 5) is 27.5. The van der Waals surface area contributed by atoms with Gasteiger partial charge in [0.15, 0.2) is 0 Å². The maximum Gasteiger partial charge on any atom is 0.313 e. The van der Waals surface area contributed by atoms with Crippen LogP contribution in [0.15, 0.2) is 12.1 Å². The molecule has 2 rings (SSSR count). The van der Waals surface area contributed by atoms with Gasteiger partial charge in [0.05, 0.1) is 13.0 Å². The van der Waals surface area contributed by atoms with Gasteiger partial charge in [0.1, 0.15) is 5.41 Å². The van der Waals surface area contributed by atoms with E-state index >= 15 is 0 Å². The van der Waals surface area contributed by atoms with Gasteiger partial charge < -0.3 is 14.7 Å². The summed E-state index contributed by atoms with van der Waals surface area (Å²) in [5, 5.41) is 9.37. The molecule has 1 unspecified atom stereocenters. The first-order valence-corrected chi connectivity index (χ1v) is 7.34. The zero-order valence-corrected chi connectivity index (χ0v) is 12.5. The molecular weight excluding hydrogens is 278 g/mol. The molecule has 6 heteroatoms. The van der Waals surface area contributed by atoms with Crippen LogP contribution < -0.4 is 0 Å². The van der Waals surface area contributed by atoms with Crippen molar-refractivity contribution in [2.75, 3.05) is 26.8 Å². The Morgan fingerprint density at radius 3 is 2.80 bits per heavy atom. The minimum Gasteiger partial charge on any atom is -0.481 e. The molecule has 0 saturated carbocycles. The van der Waals surface area contributed by atoms with Crippen LogP contribution in [0.1, 0.15) is 16.2 Å². The lowest BCUT2D eigenvalue weighted by molar-refractivity contribution is -0.151. The largest absolute Gasteiger partial charge is 0.481 e. The van der Waals surface area contributed by atoms with Gasteiger partial charge in [-0.1, -0.05) is 0 Å². The lowest BCUT2D eigenvalue weighted by Gasteiger charge is -2.23. The number of amides is 1. The van der Waals surface area contributed by atoms with Gasteiger partial charge in [0.2, 0.25) is 5.91 Å². The summed E-state index contributed by atoms with van der Waals surface area (Å²) in [5.74, 6) is -0.896. The Morgan fingerprint density at radius 2 is 2.25 bits per heavy atom. The van der Waals surface area contributed by atoms with E-state index in [9.17, 15) is 14.7 Å². The smallest absolute Gasteiger partial charge is 0.313 e. The Morgan fingerprint density at radius 1 is 1.50 bits per heavy atom. The molecule has 1 aromatic rings. The van der Waals surface area contributed by atoms with E-state index in [0.717, 1.165) is 4.88 Å². The van der Waals surface area contributed by atoms with Gasteiger partial charge in [-0.05, 0) is 25.5 Å². The average Bonchev–Trinajstić information content (AvgIpc) is 2.98. The Hall–Kier alpha value is -1.40. The summed E-state index contributed by atoms with van der Waals surface area (Å²) in [6, 6.07) is 3.94. The highest BCUT2D eigenvalue weighted by Crippen LogP contribution is 2.32. The minimum absolute atomic E-state index is 0.00826. The fourth-order valence-electron chi connectivity index (χ4n) is 2.56. The summed E-state index contributed by atoms with van der Waals surface area (Å²) >= 11 is 1.60. The lowest BCUT2D eigenvalue weighted by atomic mass is 9.88. The van der Waals surface area contributed by atoms with Crippen LogP contribution in [0.2, 0.25) is 0 Å². The third kappa shape index (κ3) is 3.02. The number of thiophene rings is 1. The molecule has 0 aromatic carbocycles. The second-order valence-electron chi connectivity index (χ2n) is 5.27. The van der Waals surface area contributed by atoms with Crippen LogP contribution in [-0.2, 0) is 20.7 Å². The maximum atomic E-state index is 12.2. The Kier molecular flexibility index (Phi) is 4.45. The highest BCUT2D eigenvalue weighted by molar-refractivity contribution is 7.12. The van der Waals surface area contributed by atoms with Crippen LogP contribution in [0, 0.1) is 12.3 Å². The molecule has 1 saturated heterocycles. The fraction of sp³-hybridized carbons (Fsp3) is 0.571. The number of hydrogen-bond donors (Lipinski definition) is 1. The van der Waals surface area contributed by atoms with E-state index in [0.29, 0.717) is 19.4 Å².